The van der Waals surface area contributed by atoms with Gasteiger partial charge in [0.1, 0.15) is 30.5 Å². The summed E-state index contributed by atoms with van der Waals surface area (Å²) in [5.74, 6) is -8.77. The molecule has 1 aliphatic heterocycles. The number of esters is 2. The smallest absolute Gasteiger partial charge is 0.338 e. The fourth-order valence-corrected chi connectivity index (χ4v) is 4.11. The van der Waals surface area contributed by atoms with E-state index < -0.39 is 100 Å². The second-order valence-electron chi connectivity index (χ2n) is 13.4. The number of carbonyl (C=O) groups excluding carboxylic acids is 5. The Hall–Kier alpha value is -2.37. The maximum Gasteiger partial charge on any atom is 0.338 e. The Morgan fingerprint density at radius 1 is 0.857 bits per heavy atom. The number of hydrogen-bond donors (Lipinski definition) is 7. The van der Waals surface area contributed by atoms with Crippen LogP contribution in [0.4, 0.5) is 0 Å². The third-order valence-electron chi connectivity index (χ3n) is 6.62. The summed E-state index contributed by atoms with van der Waals surface area (Å²) in [4.78, 5) is 64.5. The highest BCUT2D eigenvalue weighted by atomic mass is 16.8. The quantitative estimate of drug-likeness (QED) is 0.100. The molecule has 0 amide bonds. The minimum atomic E-state index is -3.50. The molecule has 7 N–H and O–H groups in total. The minimum Gasteiger partial charge on any atom is -0.455 e. The van der Waals surface area contributed by atoms with Crippen LogP contribution in [0.1, 0.15) is 62.3 Å². The predicted molar refractivity (Wildman–Crippen MR) is 140 cm³/mol. The molecule has 0 aromatic rings. The van der Waals surface area contributed by atoms with Gasteiger partial charge in [0.25, 0.3) is 0 Å². The SMILES string of the molecule is CC(C)(C)C(=O)O[C@]1(C(=O)C(C)(C)C)O[C@H](CO)[C@@H](OC(=O)[C@@H](O)[C@H](O)[C@@H](O)[C@H](O)C=O)[C@H](O)[C@]1(O)C(=O)C(C)(C)C. The van der Waals surface area contributed by atoms with E-state index in [1.807, 2.05) is 0 Å². The first-order valence-corrected chi connectivity index (χ1v) is 13.2. The lowest BCUT2D eigenvalue weighted by Gasteiger charge is -2.55. The third-order valence-corrected chi connectivity index (χ3v) is 6.62. The highest BCUT2D eigenvalue weighted by Gasteiger charge is 2.76. The topological polar surface area (TPSA) is 255 Å². The number of aliphatic hydroxyl groups is 7. The van der Waals surface area contributed by atoms with Gasteiger partial charge in [-0.1, -0.05) is 41.5 Å². The molecular formula is C27H44O15. The molecule has 0 aliphatic carbocycles. The van der Waals surface area contributed by atoms with Gasteiger partial charge in [0.05, 0.1) is 12.0 Å². The monoisotopic (exact) mass is 608 g/mol. The van der Waals surface area contributed by atoms with Crippen LogP contribution in [0.5, 0.6) is 0 Å². The Bertz CT molecular complexity index is 1040. The van der Waals surface area contributed by atoms with Gasteiger partial charge in [0, 0.05) is 10.8 Å². The van der Waals surface area contributed by atoms with Crippen LogP contribution in [0.2, 0.25) is 0 Å². The van der Waals surface area contributed by atoms with Gasteiger partial charge in [0.15, 0.2) is 24.3 Å². The summed E-state index contributed by atoms with van der Waals surface area (Å²) in [6.07, 6.45) is -16.9. The predicted octanol–water partition coefficient (Wildman–Crippen LogP) is -2.46. The molecule has 42 heavy (non-hydrogen) atoms. The van der Waals surface area contributed by atoms with E-state index in [9.17, 15) is 59.7 Å². The van der Waals surface area contributed by atoms with Crippen LogP contribution < -0.4 is 0 Å². The first-order chi connectivity index (χ1) is 18.7. The van der Waals surface area contributed by atoms with Gasteiger partial charge in [-0.05, 0) is 20.8 Å². The Labute approximate surface area is 243 Å². The number of ketones is 2. The van der Waals surface area contributed by atoms with Gasteiger partial charge in [0.2, 0.25) is 11.4 Å². The zero-order chi connectivity index (χ0) is 33.4. The summed E-state index contributed by atoms with van der Waals surface area (Å²) >= 11 is 0. The van der Waals surface area contributed by atoms with E-state index in [2.05, 4.69) is 0 Å². The third kappa shape index (κ3) is 7.05. The van der Waals surface area contributed by atoms with Gasteiger partial charge in [-0.2, -0.15) is 0 Å². The minimum absolute atomic E-state index is 0.185. The standard InChI is InChI=1S/C27H44O15/c1-23(2,3)20(36)26(39)18(34)17(40-19(35)16(33)15(32)14(31)12(30)10-28)13(11-29)41-27(26,21(37)24(4,5)6)42-22(38)25(7,8)9/h10,12-18,29-34,39H,11H2,1-9H3/t12-,13-,14+,15-,16+,17-,18+,26+,27+/m1/s1. The van der Waals surface area contributed by atoms with Crippen LogP contribution in [0.25, 0.3) is 0 Å². The molecular weight excluding hydrogens is 564 g/mol. The normalized spacial score (nSPS) is 30.0. The first-order valence-electron chi connectivity index (χ1n) is 13.2. The molecule has 15 nitrogen and oxygen atoms in total. The lowest BCUT2D eigenvalue weighted by Crippen LogP contribution is -2.82. The van der Waals surface area contributed by atoms with E-state index in [4.69, 9.17) is 14.2 Å². The van der Waals surface area contributed by atoms with E-state index >= 15 is 0 Å². The summed E-state index contributed by atoms with van der Waals surface area (Å²) in [6, 6.07) is 0. The molecule has 0 radical (unpaired) electrons. The number of Topliss-reactive ketones (excluding diaryl/α,β-unsaturated/α-hetero) is 2. The number of hydrogen-bond acceptors (Lipinski definition) is 15. The van der Waals surface area contributed by atoms with E-state index in [0.29, 0.717) is 0 Å². The van der Waals surface area contributed by atoms with Gasteiger partial charge in [-0.15, -0.1) is 0 Å². The second-order valence-corrected chi connectivity index (χ2v) is 13.4. The van der Waals surface area contributed by atoms with E-state index in [-0.39, 0.29) is 6.29 Å². The van der Waals surface area contributed by atoms with Crippen molar-refractivity contribution in [1.82, 2.24) is 0 Å². The fourth-order valence-electron chi connectivity index (χ4n) is 4.11. The van der Waals surface area contributed by atoms with Crippen molar-refractivity contribution in [1.29, 1.82) is 0 Å². The molecule has 9 atom stereocenters. The molecule has 242 valence electrons. The zero-order valence-corrected chi connectivity index (χ0v) is 25.2. The Morgan fingerprint density at radius 2 is 1.33 bits per heavy atom. The zero-order valence-electron chi connectivity index (χ0n) is 25.2. The first kappa shape index (κ1) is 37.7. The summed E-state index contributed by atoms with van der Waals surface area (Å²) in [7, 11) is 0. The van der Waals surface area contributed by atoms with E-state index in [1.54, 1.807) is 0 Å². The molecule has 0 unspecified atom stereocenters. The average molecular weight is 609 g/mol. The van der Waals surface area contributed by atoms with E-state index in [1.165, 1.54) is 62.3 Å². The van der Waals surface area contributed by atoms with Crippen LogP contribution >= 0.6 is 0 Å². The Morgan fingerprint density at radius 3 is 1.71 bits per heavy atom. The van der Waals surface area contributed by atoms with Crippen LogP contribution in [0.3, 0.4) is 0 Å². The van der Waals surface area contributed by atoms with E-state index in [0.717, 1.165) is 0 Å². The highest BCUT2D eigenvalue weighted by molar-refractivity contribution is 6.04. The summed E-state index contributed by atoms with van der Waals surface area (Å²) in [5, 5.41) is 73.2. The van der Waals surface area contributed by atoms with Crippen molar-refractivity contribution < 1.29 is 73.9 Å². The maximum absolute atomic E-state index is 14.0. The number of ether oxygens (including phenoxy) is 3. The molecule has 1 fully saturated rings. The van der Waals surface area contributed by atoms with Crippen molar-refractivity contribution in [3.8, 4) is 0 Å². The van der Waals surface area contributed by atoms with Gasteiger partial charge >= 0.3 is 17.7 Å². The number of rotatable bonds is 10. The van der Waals surface area contributed by atoms with Crippen LogP contribution in [-0.2, 0) is 38.2 Å². The molecule has 1 aliphatic rings. The van der Waals surface area contributed by atoms with Crippen molar-refractivity contribution in [2.45, 2.75) is 116 Å². The van der Waals surface area contributed by atoms with Gasteiger partial charge in [-0.25, -0.2) is 4.79 Å². The molecule has 0 aromatic carbocycles. The lowest BCUT2D eigenvalue weighted by molar-refractivity contribution is -0.365. The van der Waals surface area contributed by atoms with Crippen molar-refractivity contribution >= 4 is 29.8 Å². The highest BCUT2D eigenvalue weighted by Crippen LogP contribution is 2.48. The lowest BCUT2D eigenvalue weighted by atomic mass is 9.65. The van der Waals surface area contributed by atoms with Crippen molar-refractivity contribution in [3.05, 3.63) is 0 Å². The summed E-state index contributed by atoms with van der Waals surface area (Å²) in [6.45, 7) is 10.9. The van der Waals surface area contributed by atoms with Crippen molar-refractivity contribution in [2.24, 2.45) is 16.2 Å². The Kier molecular flexibility index (Phi) is 11.4. The molecule has 1 rings (SSSR count). The van der Waals surface area contributed by atoms with Crippen LogP contribution in [0, 0.1) is 16.2 Å². The molecule has 1 heterocycles. The molecule has 0 saturated carbocycles. The van der Waals surface area contributed by atoms with Crippen LogP contribution in [-0.4, -0.2) is 126 Å². The largest absolute Gasteiger partial charge is 0.455 e. The number of aldehydes is 1. The Balaban J connectivity index is 3.90. The molecule has 0 aromatic heterocycles. The summed E-state index contributed by atoms with van der Waals surface area (Å²) < 4.78 is 16.2. The number of aliphatic hydroxyl groups excluding tert-OH is 6. The molecule has 0 bridgehead atoms. The van der Waals surface area contributed by atoms with Gasteiger partial charge < -0.3 is 54.8 Å². The fraction of sp³-hybridized carbons (Fsp3) is 0.815. The number of carbonyl (C=O) groups is 5. The summed E-state index contributed by atoms with van der Waals surface area (Å²) in [5.41, 5.74) is -7.95. The molecule has 0 spiro atoms. The van der Waals surface area contributed by atoms with Crippen molar-refractivity contribution in [2.75, 3.05) is 6.61 Å². The van der Waals surface area contributed by atoms with Crippen molar-refractivity contribution in [3.63, 3.8) is 0 Å². The molecule has 15 heteroatoms. The second kappa shape index (κ2) is 12.7. The van der Waals surface area contributed by atoms with Gasteiger partial charge in [-0.3, -0.25) is 14.4 Å². The van der Waals surface area contributed by atoms with Crippen LogP contribution in [0.15, 0.2) is 0 Å². The average Bonchev–Trinajstić information content (AvgIpc) is 2.88. The molecule has 1 saturated heterocycles. The maximum atomic E-state index is 14.0.